The van der Waals surface area contributed by atoms with Crippen LogP contribution in [0.3, 0.4) is 0 Å². The van der Waals surface area contributed by atoms with Gasteiger partial charge in [-0.1, -0.05) is 0 Å². The molecule has 2 rings (SSSR count). The van der Waals surface area contributed by atoms with E-state index >= 15 is 0 Å². The highest BCUT2D eigenvalue weighted by Crippen LogP contribution is 2.40. The highest BCUT2D eigenvalue weighted by molar-refractivity contribution is 5.85. The Kier molecular flexibility index (Phi) is 2.23. The van der Waals surface area contributed by atoms with Crippen molar-refractivity contribution in [1.29, 1.82) is 0 Å². The Morgan fingerprint density at radius 2 is 2.10 bits per heavy atom. The average Bonchev–Trinajstić information content (AvgIpc) is 2.09. The Morgan fingerprint density at radius 1 is 1.40 bits per heavy atom. The Labute approximate surface area is 67.4 Å². The number of rotatable bonds is 0. The monoisotopic (exact) mass is 163 g/mol. The summed E-state index contributed by atoms with van der Waals surface area (Å²) in [6.45, 7) is 2.29. The van der Waals surface area contributed by atoms with Gasteiger partial charge in [0.15, 0.2) is 0 Å². The number of hydrogen-bond donors (Lipinski definition) is 2. The molecule has 0 aromatic carbocycles. The van der Waals surface area contributed by atoms with Crippen LogP contribution in [0.2, 0.25) is 0 Å². The smallest absolute Gasteiger partial charge is 0.0546 e. The lowest BCUT2D eigenvalue weighted by molar-refractivity contribution is 0.125. The van der Waals surface area contributed by atoms with Crippen molar-refractivity contribution in [3.05, 3.63) is 0 Å². The van der Waals surface area contributed by atoms with E-state index < -0.39 is 0 Å². The van der Waals surface area contributed by atoms with Gasteiger partial charge in [0.05, 0.1) is 6.10 Å². The first-order valence-electron chi connectivity index (χ1n) is 3.70. The molecule has 3 heteroatoms. The molecule has 0 bridgehead atoms. The molecule has 1 saturated carbocycles. The second kappa shape index (κ2) is 2.68. The van der Waals surface area contributed by atoms with Gasteiger partial charge in [-0.3, -0.25) is 0 Å². The zero-order valence-corrected chi connectivity index (χ0v) is 6.78. The summed E-state index contributed by atoms with van der Waals surface area (Å²) in [4.78, 5) is 0. The number of aliphatic hydroxyl groups is 1. The molecule has 1 unspecified atom stereocenters. The second-order valence-corrected chi connectivity index (χ2v) is 3.50. The zero-order chi connectivity index (χ0) is 6.32. The van der Waals surface area contributed by atoms with Crippen LogP contribution in [-0.2, 0) is 0 Å². The van der Waals surface area contributed by atoms with E-state index in [1.54, 1.807) is 0 Å². The minimum atomic E-state index is 0. The summed E-state index contributed by atoms with van der Waals surface area (Å²) < 4.78 is 0. The Hall–Kier alpha value is 0.210. The summed E-state index contributed by atoms with van der Waals surface area (Å²) in [6, 6.07) is 0. The van der Waals surface area contributed by atoms with Crippen LogP contribution in [0.25, 0.3) is 0 Å². The van der Waals surface area contributed by atoms with Crippen molar-refractivity contribution < 1.29 is 5.11 Å². The molecule has 1 spiro atoms. The van der Waals surface area contributed by atoms with Gasteiger partial charge in [-0.15, -0.1) is 12.4 Å². The minimum Gasteiger partial charge on any atom is -0.393 e. The second-order valence-electron chi connectivity index (χ2n) is 3.50. The van der Waals surface area contributed by atoms with Crippen LogP contribution in [0, 0.1) is 5.41 Å². The average molecular weight is 164 g/mol. The van der Waals surface area contributed by atoms with Crippen molar-refractivity contribution in [2.24, 2.45) is 5.41 Å². The van der Waals surface area contributed by atoms with Gasteiger partial charge in [0.25, 0.3) is 0 Å². The van der Waals surface area contributed by atoms with Crippen molar-refractivity contribution >= 4 is 12.4 Å². The number of halogens is 1. The van der Waals surface area contributed by atoms with Crippen LogP contribution < -0.4 is 5.32 Å². The quantitative estimate of drug-likeness (QED) is 0.547. The molecule has 2 nitrogen and oxygen atoms in total. The van der Waals surface area contributed by atoms with Gasteiger partial charge >= 0.3 is 0 Å². The van der Waals surface area contributed by atoms with E-state index in [0.29, 0.717) is 5.41 Å². The third-order valence-corrected chi connectivity index (χ3v) is 2.68. The standard InChI is InChI=1S/C7H13NO.ClH/c9-6-1-2-7(3-6)4-8-5-7;/h6,8-9H,1-5H2;1H. The molecule has 2 aliphatic rings. The SMILES string of the molecule is Cl.OC1CCC2(CNC2)C1. The van der Waals surface area contributed by atoms with Crippen LogP contribution >= 0.6 is 12.4 Å². The first-order valence-corrected chi connectivity index (χ1v) is 3.70. The summed E-state index contributed by atoms with van der Waals surface area (Å²) >= 11 is 0. The maximum absolute atomic E-state index is 9.20. The first-order chi connectivity index (χ1) is 4.31. The largest absolute Gasteiger partial charge is 0.393 e. The topological polar surface area (TPSA) is 32.3 Å². The van der Waals surface area contributed by atoms with E-state index in [0.717, 1.165) is 25.9 Å². The Balaban J connectivity index is 0.000000500. The third kappa shape index (κ3) is 1.16. The van der Waals surface area contributed by atoms with E-state index in [-0.39, 0.29) is 18.5 Å². The molecule has 0 amide bonds. The molecule has 0 aromatic rings. The number of nitrogens with one attached hydrogen (secondary N) is 1. The van der Waals surface area contributed by atoms with Gasteiger partial charge in [0, 0.05) is 13.1 Å². The van der Waals surface area contributed by atoms with Crippen molar-refractivity contribution in [1.82, 2.24) is 5.32 Å². The molecule has 2 fully saturated rings. The van der Waals surface area contributed by atoms with E-state index in [1.807, 2.05) is 0 Å². The molecule has 1 aliphatic carbocycles. The normalized spacial score (nSPS) is 35.1. The van der Waals surface area contributed by atoms with Crippen molar-refractivity contribution in [2.75, 3.05) is 13.1 Å². The van der Waals surface area contributed by atoms with Crippen LogP contribution in [0.4, 0.5) is 0 Å². The van der Waals surface area contributed by atoms with Crippen molar-refractivity contribution in [2.45, 2.75) is 25.4 Å². The van der Waals surface area contributed by atoms with Gasteiger partial charge in [-0.25, -0.2) is 0 Å². The van der Waals surface area contributed by atoms with Gasteiger partial charge in [0.1, 0.15) is 0 Å². The minimum absolute atomic E-state index is 0. The molecule has 1 heterocycles. The fourth-order valence-electron chi connectivity index (χ4n) is 1.98. The molecule has 1 aliphatic heterocycles. The molecule has 1 atom stereocenters. The number of hydrogen-bond acceptors (Lipinski definition) is 2. The zero-order valence-electron chi connectivity index (χ0n) is 5.97. The predicted molar refractivity (Wildman–Crippen MR) is 42.4 cm³/mol. The van der Waals surface area contributed by atoms with E-state index in [4.69, 9.17) is 0 Å². The van der Waals surface area contributed by atoms with Crippen LogP contribution in [-0.4, -0.2) is 24.3 Å². The van der Waals surface area contributed by atoms with Crippen LogP contribution in [0.5, 0.6) is 0 Å². The summed E-state index contributed by atoms with van der Waals surface area (Å²) in [6.07, 6.45) is 3.31. The van der Waals surface area contributed by atoms with Crippen LogP contribution in [0.15, 0.2) is 0 Å². The summed E-state index contributed by atoms with van der Waals surface area (Å²) in [7, 11) is 0. The van der Waals surface area contributed by atoms with Gasteiger partial charge in [0.2, 0.25) is 0 Å². The molecule has 10 heavy (non-hydrogen) atoms. The molecule has 1 saturated heterocycles. The summed E-state index contributed by atoms with van der Waals surface area (Å²) in [5, 5.41) is 12.5. The molecular formula is C7H14ClNO. The summed E-state index contributed by atoms with van der Waals surface area (Å²) in [5.41, 5.74) is 0.527. The van der Waals surface area contributed by atoms with Crippen molar-refractivity contribution in [3.8, 4) is 0 Å². The maximum Gasteiger partial charge on any atom is 0.0546 e. The fourth-order valence-corrected chi connectivity index (χ4v) is 1.98. The maximum atomic E-state index is 9.20. The molecule has 2 N–H and O–H groups in total. The highest BCUT2D eigenvalue weighted by Gasteiger charge is 2.42. The van der Waals surface area contributed by atoms with Gasteiger partial charge in [-0.05, 0) is 24.7 Å². The molecule has 0 radical (unpaired) electrons. The lowest BCUT2D eigenvalue weighted by Crippen LogP contribution is -2.51. The van der Waals surface area contributed by atoms with E-state index in [2.05, 4.69) is 5.32 Å². The Morgan fingerprint density at radius 3 is 2.30 bits per heavy atom. The van der Waals surface area contributed by atoms with Gasteiger partial charge < -0.3 is 10.4 Å². The fraction of sp³-hybridized carbons (Fsp3) is 1.00. The lowest BCUT2D eigenvalue weighted by atomic mass is 9.80. The lowest BCUT2D eigenvalue weighted by Gasteiger charge is -2.39. The van der Waals surface area contributed by atoms with E-state index in [1.165, 1.54) is 6.42 Å². The molecule has 0 aromatic heterocycles. The van der Waals surface area contributed by atoms with Crippen molar-refractivity contribution in [3.63, 3.8) is 0 Å². The Bertz CT molecular complexity index is 125. The van der Waals surface area contributed by atoms with Crippen LogP contribution in [0.1, 0.15) is 19.3 Å². The number of aliphatic hydroxyl groups excluding tert-OH is 1. The molecular weight excluding hydrogens is 150 g/mol. The first kappa shape index (κ1) is 8.31. The predicted octanol–water partition coefficient (Wildman–Crippen LogP) is 0.543. The van der Waals surface area contributed by atoms with Gasteiger partial charge in [-0.2, -0.15) is 0 Å². The third-order valence-electron chi connectivity index (χ3n) is 2.68. The summed E-state index contributed by atoms with van der Waals surface area (Å²) in [5.74, 6) is 0. The van der Waals surface area contributed by atoms with E-state index in [9.17, 15) is 5.11 Å². The highest BCUT2D eigenvalue weighted by atomic mass is 35.5. The molecule has 60 valence electrons.